The SMILES string of the molecule is CCC(N)(Cc1ccc2c(c1)CCC2)C(C)C. The third-order valence-electron chi connectivity index (χ3n) is 4.50. The van der Waals surface area contributed by atoms with E-state index < -0.39 is 0 Å². The summed E-state index contributed by atoms with van der Waals surface area (Å²) in [6.07, 6.45) is 5.90. The average Bonchev–Trinajstić information content (AvgIpc) is 2.75. The maximum Gasteiger partial charge on any atom is 0.0215 e. The second kappa shape index (κ2) is 4.81. The molecule has 0 radical (unpaired) electrons. The second-order valence-corrected chi connectivity index (χ2v) is 5.87. The van der Waals surface area contributed by atoms with E-state index in [2.05, 4.69) is 39.0 Å². The Morgan fingerprint density at radius 2 is 1.94 bits per heavy atom. The Kier molecular flexibility index (Phi) is 3.58. The topological polar surface area (TPSA) is 26.0 Å². The molecule has 0 bridgehead atoms. The largest absolute Gasteiger partial charge is 0.325 e. The maximum atomic E-state index is 6.52. The number of fused-ring (bicyclic) bond motifs is 1. The summed E-state index contributed by atoms with van der Waals surface area (Å²) >= 11 is 0. The molecule has 1 aliphatic carbocycles. The van der Waals surface area contributed by atoms with E-state index in [9.17, 15) is 0 Å². The predicted molar refractivity (Wildman–Crippen MR) is 74.2 cm³/mol. The quantitative estimate of drug-likeness (QED) is 0.843. The highest BCUT2D eigenvalue weighted by atomic mass is 14.7. The van der Waals surface area contributed by atoms with Gasteiger partial charge < -0.3 is 5.73 Å². The van der Waals surface area contributed by atoms with E-state index in [4.69, 9.17) is 5.73 Å². The minimum atomic E-state index is -0.0488. The van der Waals surface area contributed by atoms with Crippen LogP contribution in [0.1, 0.15) is 50.3 Å². The molecule has 17 heavy (non-hydrogen) atoms. The molecule has 2 rings (SSSR count). The van der Waals surface area contributed by atoms with Gasteiger partial charge >= 0.3 is 0 Å². The summed E-state index contributed by atoms with van der Waals surface area (Å²) in [6, 6.07) is 6.99. The van der Waals surface area contributed by atoms with Crippen LogP contribution in [0.2, 0.25) is 0 Å². The van der Waals surface area contributed by atoms with Gasteiger partial charge in [0.1, 0.15) is 0 Å². The maximum absolute atomic E-state index is 6.52. The van der Waals surface area contributed by atoms with Crippen LogP contribution in [-0.2, 0) is 19.3 Å². The van der Waals surface area contributed by atoms with Gasteiger partial charge in [0.05, 0.1) is 0 Å². The number of benzene rings is 1. The fourth-order valence-corrected chi connectivity index (χ4v) is 2.85. The van der Waals surface area contributed by atoms with E-state index >= 15 is 0 Å². The number of hydrogen-bond donors (Lipinski definition) is 1. The second-order valence-electron chi connectivity index (χ2n) is 5.87. The molecule has 0 aromatic heterocycles. The van der Waals surface area contributed by atoms with E-state index in [-0.39, 0.29) is 5.54 Å². The van der Waals surface area contributed by atoms with Crippen molar-refractivity contribution >= 4 is 0 Å². The molecular weight excluding hydrogens is 206 g/mol. The molecule has 0 saturated heterocycles. The molecule has 94 valence electrons. The Labute approximate surface area is 105 Å². The normalized spacial score (nSPS) is 18.2. The van der Waals surface area contributed by atoms with Crippen molar-refractivity contribution in [1.82, 2.24) is 0 Å². The lowest BCUT2D eigenvalue weighted by Gasteiger charge is -2.33. The van der Waals surface area contributed by atoms with Crippen LogP contribution >= 0.6 is 0 Å². The van der Waals surface area contributed by atoms with Crippen molar-refractivity contribution in [2.24, 2.45) is 11.7 Å². The van der Waals surface area contributed by atoms with Gasteiger partial charge in [-0.3, -0.25) is 0 Å². The summed E-state index contributed by atoms with van der Waals surface area (Å²) in [5, 5.41) is 0. The monoisotopic (exact) mass is 231 g/mol. The van der Waals surface area contributed by atoms with Gasteiger partial charge in [-0.25, -0.2) is 0 Å². The van der Waals surface area contributed by atoms with E-state index in [1.807, 2.05) is 0 Å². The molecule has 1 unspecified atom stereocenters. The van der Waals surface area contributed by atoms with Crippen LogP contribution in [0.3, 0.4) is 0 Å². The molecule has 1 aromatic carbocycles. The van der Waals surface area contributed by atoms with Crippen molar-refractivity contribution in [3.63, 3.8) is 0 Å². The highest BCUT2D eigenvalue weighted by molar-refractivity contribution is 5.36. The fourth-order valence-electron chi connectivity index (χ4n) is 2.85. The predicted octanol–water partition coefficient (Wildman–Crippen LogP) is 3.48. The molecule has 0 heterocycles. The molecule has 0 aliphatic heterocycles. The highest BCUT2D eigenvalue weighted by Gasteiger charge is 2.27. The van der Waals surface area contributed by atoms with Crippen LogP contribution in [0.5, 0.6) is 0 Å². The van der Waals surface area contributed by atoms with E-state index in [0.717, 1.165) is 12.8 Å². The molecule has 1 nitrogen and oxygen atoms in total. The van der Waals surface area contributed by atoms with Gasteiger partial charge in [-0.05, 0) is 54.7 Å². The molecule has 2 N–H and O–H groups in total. The Bertz CT molecular complexity index is 395. The zero-order valence-corrected chi connectivity index (χ0v) is 11.4. The van der Waals surface area contributed by atoms with E-state index in [1.165, 1.54) is 24.8 Å². The number of aryl methyl sites for hydroxylation is 2. The van der Waals surface area contributed by atoms with Crippen molar-refractivity contribution < 1.29 is 0 Å². The van der Waals surface area contributed by atoms with Gasteiger partial charge in [-0.2, -0.15) is 0 Å². The first-order valence-electron chi connectivity index (χ1n) is 6.94. The smallest absolute Gasteiger partial charge is 0.0215 e. The minimum Gasteiger partial charge on any atom is -0.325 e. The van der Waals surface area contributed by atoms with Gasteiger partial charge in [0.25, 0.3) is 0 Å². The van der Waals surface area contributed by atoms with Crippen LogP contribution in [0.15, 0.2) is 18.2 Å². The van der Waals surface area contributed by atoms with Crippen molar-refractivity contribution in [3.8, 4) is 0 Å². The number of nitrogens with two attached hydrogens (primary N) is 1. The Morgan fingerprint density at radius 1 is 1.24 bits per heavy atom. The summed E-state index contributed by atoms with van der Waals surface area (Å²) in [7, 11) is 0. The number of hydrogen-bond acceptors (Lipinski definition) is 1. The third kappa shape index (κ3) is 2.55. The molecule has 0 fully saturated rings. The first kappa shape index (κ1) is 12.6. The minimum absolute atomic E-state index is 0.0488. The summed E-state index contributed by atoms with van der Waals surface area (Å²) in [5.41, 5.74) is 11.0. The number of rotatable bonds is 4. The average molecular weight is 231 g/mol. The van der Waals surface area contributed by atoms with Crippen molar-refractivity contribution in [1.29, 1.82) is 0 Å². The van der Waals surface area contributed by atoms with Crippen molar-refractivity contribution in [2.45, 2.75) is 58.4 Å². The summed E-state index contributed by atoms with van der Waals surface area (Å²) in [5.74, 6) is 0.528. The van der Waals surface area contributed by atoms with Gasteiger partial charge in [0.15, 0.2) is 0 Å². The van der Waals surface area contributed by atoms with Crippen LogP contribution in [0.4, 0.5) is 0 Å². The van der Waals surface area contributed by atoms with Crippen LogP contribution in [0, 0.1) is 5.92 Å². The van der Waals surface area contributed by atoms with Crippen LogP contribution in [0.25, 0.3) is 0 Å². The Balaban J connectivity index is 2.18. The lowest BCUT2D eigenvalue weighted by atomic mass is 9.79. The van der Waals surface area contributed by atoms with E-state index in [1.54, 1.807) is 11.1 Å². The fraction of sp³-hybridized carbons (Fsp3) is 0.625. The van der Waals surface area contributed by atoms with Crippen molar-refractivity contribution in [3.05, 3.63) is 34.9 Å². The van der Waals surface area contributed by atoms with Gasteiger partial charge in [0, 0.05) is 5.54 Å². The lowest BCUT2D eigenvalue weighted by molar-refractivity contribution is 0.296. The van der Waals surface area contributed by atoms with Gasteiger partial charge in [-0.1, -0.05) is 39.0 Å². The molecular formula is C16H25N. The zero-order chi connectivity index (χ0) is 12.5. The Hall–Kier alpha value is -0.820. The third-order valence-corrected chi connectivity index (χ3v) is 4.50. The molecule has 0 spiro atoms. The molecule has 1 aromatic rings. The summed E-state index contributed by atoms with van der Waals surface area (Å²) in [6.45, 7) is 6.67. The summed E-state index contributed by atoms with van der Waals surface area (Å²) in [4.78, 5) is 0. The molecule has 1 heteroatoms. The first-order chi connectivity index (χ1) is 8.05. The van der Waals surface area contributed by atoms with Gasteiger partial charge in [0.2, 0.25) is 0 Å². The summed E-state index contributed by atoms with van der Waals surface area (Å²) < 4.78 is 0. The van der Waals surface area contributed by atoms with Crippen LogP contribution < -0.4 is 5.73 Å². The molecule has 1 atom stereocenters. The van der Waals surface area contributed by atoms with Gasteiger partial charge in [-0.15, -0.1) is 0 Å². The molecule has 1 aliphatic rings. The molecule has 0 saturated carbocycles. The van der Waals surface area contributed by atoms with Crippen LogP contribution in [-0.4, -0.2) is 5.54 Å². The Morgan fingerprint density at radius 3 is 2.59 bits per heavy atom. The zero-order valence-electron chi connectivity index (χ0n) is 11.4. The van der Waals surface area contributed by atoms with Crippen molar-refractivity contribution in [2.75, 3.05) is 0 Å². The first-order valence-corrected chi connectivity index (χ1v) is 6.94. The molecule has 0 amide bonds. The van der Waals surface area contributed by atoms with E-state index in [0.29, 0.717) is 5.92 Å². The lowest BCUT2D eigenvalue weighted by Crippen LogP contribution is -2.46. The highest BCUT2D eigenvalue weighted by Crippen LogP contribution is 2.27. The standard InChI is InChI=1S/C16H25N/c1-4-16(17,12(2)3)11-13-8-9-14-6-5-7-15(14)10-13/h8-10,12H,4-7,11,17H2,1-3H3.